The van der Waals surface area contributed by atoms with Crippen molar-refractivity contribution in [3.8, 4) is 0 Å². The van der Waals surface area contributed by atoms with E-state index in [1.807, 2.05) is 0 Å². The van der Waals surface area contributed by atoms with E-state index in [9.17, 15) is 16.8 Å². The Morgan fingerprint density at radius 2 is 1.64 bits per heavy atom. The summed E-state index contributed by atoms with van der Waals surface area (Å²) in [5.41, 5.74) is 0. The minimum absolute atomic E-state index is 0. The van der Waals surface area contributed by atoms with E-state index < -0.39 is 30.6 Å². The molecule has 0 amide bonds. The van der Waals surface area contributed by atoms with Gasteiger partial charge in [0.1, 0.15) is 4.90 Å². The Morgan fingerprint density at radius 3 is 2.00 bits per heavy atom. The Labute approximate surface area is 105 Å². The molecule has 0 heterocycles. The first-order valence-electron chi connectivity index (χ1n) is 3.14. The molecule has 14 heavy (non-hydrogen) atoms. The molecule has 0 aliphatic rings. The van der Waals surface area contributed by atoms with Crippen LogP contribution < -0.4 is 0 Å². The molecule has 0 aliphatic heterocycles. The monoisotopic (exact) mass is 246 g/mol. The van der Waals surface area contributed by atoms with E-state index in [1.165, 1.54) is 12.1 Å². The molecule has 0 atom stereocenters. The summed E-state index contributed by atoms with van der Waals surface area (Å²) in [6.07, 6.45) is 0. The second-order valence-corrected chi connectivity index (χ2v) is 4.59. The van der Waals surface area contributed by atoms with Crippen molar-refractivity contribution in [3.05, 3.63) is 24.3 Å². The zero-order chi connectivity index (χ0) is 10.1. The summed E-state index contributed by atoms with van der Waals surface area (Å²) in [7, 11) is -7.48. The van der Waals surface area contributed by atoms with Gasteiger partial charge < -0.3 is 0 Å². The zero-order valence-electron chi connectivity index (χ0n) is 6.25. The van der Waals surface area contributed by atoms with E-state index in [1.54, 1.807) is 0 Å². The quantitative estimate of drug-likeness (QED) is 0.407. The third-order valence-electron chi connectivity index (χ3n) is 1.34. The fraction of sp³-hybridized carbons (Fsp3) is 0. The van der Waals surface area contributed by atoms with E-state index in [-0.39, 0.29) is 29.6 Å². The Kier molecular flexibility index (Phi) is 5.27. The average Bonchev–Trinajstić information content (AvgIpc) is 2.03. The maximum absolute atomic E-state index is 10.6. The molecule has 0 radical (unpaired) electrons. The van der Waals surface area contributed by atoms with Crippen LogP contribution in [-0.2, 0) is 20.8 Å². The van der Waals surface area contributed by atoms with Crippen molar-refractivity contribution in [3.63, 3.8) is 0 Å². The summed E-state index contributed by atoms with van der Waals surface area (Å²) in [5, 5.41) is 0. The normalized spacial score (nSPS) is 11.0. The number of rotatable bonds is 2. The van der Waals surface area contributed by atoms with E-state index in [0.29, 0.717) is 0 Å². The first-order chi connectivity index (χ1) is 5.93. The van der Waals surface area contributed by atoms with Gasteiger partial charge in [0.15, 0.2) is 10.7 Å². The van der Waals surface area contributed by atoms with Crippen molar-refractivity contribution >= 4 is 50.4 Å². The second kappa shape index (κ2) is 5.24. The number of hydrogen-bond donors (Lipinski definition) is 2. The van der Waals surface area contributed by atoms with Crippen LogP contribution in [0.4, 0.5) is 0 Å². The van der Waals surface area contributed by atoms with E-state index >= 15 is 0 Å². The maximum atomic E-state index is 10.6. The average molecular weight is 246 g/mol. The third kappa shape index (κ3) is 3.34. The van der Waals surface area contributed by atoms with Gasteiger partial charge in [-0.05, 0) is 12.1 Å². The van der Waals surface area contributed by atoms with E-state index in [2.05, 4.69) is 0 Å². The summed E-state index contributed by atoms with van der Waals surface area (Å²) in [6, 6.07) is 4.82. The fourth-order valence-corrected chi connectivity index (χ4v) is 2.44. The van der Waals surface area contributed by atoms with Crippen LogP contribution in [0.1, 0.15) is 0 Å². The summed E-state index contributed by atoms with van der Waals surface area (Å²) in [6.45, 7) is 0. The van der Waals surface area contributed by atoms with Gasteiger partial charge in [0, 0.05) is 0 Å². The van der Waals surface area contributed by atoms with Gasteiger partial charge >= 0.3 is 29.6 Å². The van der Waals surface area contributed by atoms with Crippen LogP contribution in [-0.4, -0.2) is 50.9 Å². The SMILES string of the molecule is O=[SH](=O)c1ccccc1S(=O)(=O)O.[NaH]. The molecule has 0 fully saturated rings. The van der Waals surface area contributed by atoms with Crippen molar-refractivity contribution in [2.75, 3.05) is 0 Å². The van der Waals surface area contributed by atoms with Crippen molar-refractivity contribution in [2.45, 2.75) is 9.79 Å². The number of benzene rings is 1. The minimum atomic E-state index is -4.46. The molecule has 0 spiro atoms. The van der Waals surface area contributed by atoms with Gasteiger partial charge in [-0.15, -0.1) is 0 Å². The van der Waals surface area contributed by atoms with Crippen LogP contribution in [0.5, 0.6) is 0 Å². The van der Waals surface area contributed by atoms with Crippen LogP contribution in [0.3, 0.4) is 0 Å². The molecule has 1 aromatic rings. The van der Waals surface area contributed by atoms with Crippen LogP contribution in [0, 0.1) is 0 Å². The zero-order valence-corrected chi connectivity index (χ0v) is 7.96. The number of thiol groups is 1. The Hall–Kier alpha value is 0.0800. The first-order valence-corrected chi connectivity index (χ1v) is 5.75. The van der Waals surface area contributed by atoms with Crippen LogP contribution in [0.2, 0.25) is 0 Å². The number of hydrogen-bond acceptors (Lipinski definition) is 4. The van der Waals surface area contributed by atoms with Crippen molar-refractivity contribution < 1.29 is 21.4 Å². The van der Waals surface area contributed by atoms with E-state index in [0.717, 1.165) is 12.1 Å². The summed E-state index contributed by atoms with van der Waals surface area (Å²) in [4.78, 5) is -0.994. The topological polar surface area (TPSA) is 88.5 Å². The molecule has 8 heteroatoms. The third-order valence-corrected chi connectivity index (χ3v) is 3.19. The molecule has 74 valence electrons. The first kappa shape index (κ1) is 14.1. The Bertz CT molecular complexity index is 483. The molecule has 0 aliphatic carbocycles. The predicted molar refractivity (Wildman–Crippen MR) is 52.0 cm³/mol. The molecule has 0 saturated heterocycles. The molecule has 5 nitrogen and oxygen atoms in total. The van der Waals surface area contributed by atoms with Crippen molar-refractivity contribution in [2.24, 2.45) is 0 Å². The van der Waals surface area contributed by atoms with Gasteiger partial charge in [-0.1, -0.05) is 12.1 Å². The Balaban J connectivity index is 0.00000169. The van der Waals surface area contributed by atoms with Gasteiger partial charge in [-0.25, -0.2) is 8.42 Å². The molecule has 0 saturated carbocycles. The van der Waals surface area contributed by atoms with Crippen LogP contribution in [0.15, 0.2) is 34.1 Å². The van der Waals surface area contributed by atoms with Gasteiger partial charge in [0.05, 0.1) is 4.90 Å². The van der Waals surface area contributed by atoms with Gasteiger partial charge in [0.2, 0.25) is 0 Å². The summed E-state index contributed by atoms with van der Waals surface area (Å²) < 4.78 is 51.0. The molecule has 0 bridgehead atoms. The molecular weight excluding hydrogens is 239 g/mol. The molecule has 1 aromatic carbocycles. The molecule has 0 unspecified atom stereocenters. The predicted octanol–water partition coefficient (Wildman–Crippen LogP) is -0.745. The van der Waals surface area contributed by atoms with Crippen LogP contribution in [0.25, 0.3) is 0 Å². The summed E-state index contributed by atoms with van der Waals surface area (Å²) >= 11 is 0. The molecule has 1 N–H and O–H groups in total. The fourth-order valence-electron chi connectivity index (χ4n) is 0.826. The second-order valence-electron chi connectivity index (χ2n) is 2.20. The molecular formula is C6H7NaO5S2. The molecule has 1 rings (SSSR count). The summed E-state index contributed by atoms with van der Waals surface area (Å²) in [5.74, 6) is 0. The van der Waals surface area contributed by atoms with Gasteiger partial charge in [0.25, 0.3) is 10.1 Å². The molecule has 0 aromatic heterocycles. The van der Waals surface area contributed by atoms with Crippen molar-refractivity contribution in [1.82, 2.24) is 0 Å². The van der Waals surface area contributed by atoms with E-state index in [4.69, 9.17) is 4.55 Å². The Morgan fingerprint density at radius 1 is 1.14 bits per heavy atom. The van der Waals surface area contributed by atoms with Gasteiger partial charge in [-0.3, -0.25) is 4.55 Å². The van der Waals surface area contributed by atoms with Gasteiger partial charge in [-0.2, -0.15) is 8.42 Å². The van der Waals surface area contributed by atoms with Crippen LogP contribution >= 0.6 is 0 Å². The van der Waals surface area contributed by atoms with Crippen molar-refractivity contribution in [1.29, 1.82) is 0 Å². The standard InChI is InChI=1S/C6H6O5S2.Na.H/c7-12(8)5-3-1-2-4-6(5)13(9,10)11;;/h1-4,12H,(H,9,10,11);;.